The third kappa shape index (κ3) is 3.65. The van der Waals surface area contributed by atoms with Gasteiger partial charge in [-0.3, -0.25) is 4.90 Å². The Morgan fingerprint density at radius 1 is 1.05 bits per heavy atom. The number of nitrogens with zero attached hydrogens (tertiary/aromatic N) is 1. The minimum atomic E-state index is -0.832. The first-order valence-corrected chi connectivity index (χ1v) is 7.09. The van der Waals surface area contributed by atoms with Crippen LogP contribution in [0, 0.1) is 11.6 Å². The predicted molar refractivity (Wildman–Crippen MR) is 80.7 cm³/mol. The zero-order chi connectivity index (χ0) is 15.2. The normalized spacial score (nSPS) is 12.6. The molecule has 2 N–H and O–H groups in total. The summed E-state index contributed by atoms with van der Waals surface area (Å²) in [5.41, 5.74) is 7.26. The van der Waals surface area contributed by atoms with E-state index in [4.69, 9.17) is 5.73 Å². The molecule has 0 aliphatic rings. The monoisotopic (exact) mass is 290 g/mol. The maximum Gasteiger partial charge on any atom is 0.163 e. The maximum atomic E-state index is 14.0. The van der Waals surface area contributed by atoms with Crippen molar-refractivity contribution in [3.05, 3.63) is 71.3 Å². The fourth-order valence-corrected chi connectivity index (χ4v) is 2.51. The molecule has 0 aliphatic carbocycles. The highest BCUT2D eigenvalue weighted by atomic mass is 19.2. The number of nitrogens with two attached hydrogens (primary N) is 1. The van der Waals surface area contributed by atoms with Crippen LogP contribution in [0.4, 0.5) is 8.78 Å². The molecule has 0 aromatic heterocycles. The topological polar surface area (TPSA) is 29.3 Å². The van der Waals surface area contributed by atoms with E-state index in [1.54, 1.807) is 6.07 Å². The molecule has 0 radical (unpaired) electrons. The van der Waals surface area contributed by atoms with E-state index in [0.29, 0.717) is 18.7 Å². The summed E-state index contributed by atoms with van der Waals surface area (Å²) in [5, 5.41) is 0. The molecule has 21 heavy (non-hydrogen) atoms. The second-order valence-corrected chi connectivity index (χ2v) is 4.94. The molecule has 0 bridgehead atoms. The summed E-state index contributed by atoms with van der Waals surface area (Å²) in [6.07, 6.45) is 0. The second-order valence-electron chi connectivity index (χ2n) is 4.94. The number of rotatable bonds is 6. The van der Waals surface area contributed by atoms with Crippen LogP contribution < -0.4 is 5.73 Å². The van der Waals surface area contributed by atoms with Crippen LogP contribution in [0.1, 0.15) is 24.1 Å². The Balaban J connectivity index is 2.27. The van der Waals surface area contributed by atoms with E-state index in [-0.39, 0.29) is 12.6 Å². The largest absolute Gasteiger partial charge is 0.329 e. The number of halogens is 2. The minimum Gasteiger partial charge on any atom is -0.329 e. The molecule has 1 atom stereocenters. The van der Waals surface area contributed by atoms with Gasteiger partial charge in [0.05, 0.1) is 6.04 Å². The van der Waals surface area contributed by atoms with Gasteiger partial charge in [0.1, 0.15) is 0 Å². The standard InChI is InChI=1S/C17H20F2N2/c1-2-21(12-13-7-4-3-5-8-13)16(11-20)14-9-6-10-15(18)17(14)19/h3-10,16H,2,11-12,20H2,1H3. The van der Waals surface area contributed by atoms with Gasteiger partial charge in [0.25, 0.3) is 0 Å². The van der Waals surface area contributed by atoms with E-state index in [0.717, 1.165) is 11.6 Å². The zero-order valence-corrected chi connectivity index (χ0v) is 12.1. The Morgan fingerprint density at radius 3 is 2.38 bits per heavy atom. The first kappa shape index (κ1) is 15.6. The van der Waals surface area contributed by atoms with E-state index in [2.05, 4.69) is 0 Å². The van der Waals surface area contributed by atoms with Gasteiger partial charge in [0, 0.05) is 18.7 Å². The van der Waals surface area contributed by atoms with E-state index < -0.39 is 11.6 Å². The lowest BCUT2D eigenvalue weighted by atomic mass is 10.0. The Kier molecular flexibility index (Phi) is 5.42. The van der Waals surface area contributed by atoms with Crippen molar-refractivity contribution in [1.29, 1.82) is 0 Å². The van der Waals surface area contributed by atoms with E-state index in [9.17, 15) is 8.78 Å². The minimum absolute atomic E-state index is 0.237. The summed E-state index contributed by atoms with van der Waals surface area (Å²) in [6, 6.07) is 13.8. The summed E-state index contributed by atoms with van der Waals surface area (Å²) in [5.74, 6) is -1.64. The first-order valence-electron chi connectivity index (χ1n) is 7.09. The third-order valence-corrected chi connectivity index (χ3v) is 3.64. The number of benzene rings is 2. The molecule has 0 heterocycles. The van der Waals surface area contributed by atoms with Gasteiger partial charge >= 0.3 is 0 Å². The van der Waals surface area contributed by atoms with Gasteiger partial charge in [0.15, 0.2) is 11.6 Å². The molecule has 2 rings (SSSR count). The third-order valence-electron chi connectivity index (χ3n) is 3.64. The molecule has 0 fully saturated rings. The van der Waals surface area contributed by atoms with Crippen LogP contribution in [0.15, 0.2) is 48.5 Å². The molecule has 1 unspecified atom stereocenters. The number of likely N-dealkylation sites (N-methyl/N-ethyl adjacent to an activating group) is 1. The predicted octanol–water partition coefficient (Wildman–Crippen LogP) is 3.49. The van der Waals surface area contributed by atoms with Gasteiger partial charge in [-0.15, -0.1) is 0 Å². The van der Waals surface area contributed by atoms with Crippen molar-refractivity contribution >= 4 is 0 Å². The van der Waals surface area contributed by atoms with Gasteiger partial charge in [-0.2, -0.15) is 0 Å². The van der Waals surface area contributed by atoms with Crippen LogP contribution >= 0.6 is 0 Å². The van der Waals surface area contributed by atoms with Crippen molar-refractivity contribution in [1.82, 2.24) is 4.90 Å². The fourth-order valence-electron chi connectivity index (χ4n) is 2.51. The van der Waals surface area contributed by atoms with Gasteiger partial charge in [-0.05, 0) is 18.2 Å². The van der Waals surface area contributed by atoms with Crippen LogP contribution in [0.25, 0.3) is 0 Å². The van der Waals surface area contributed by atoms with Gasteiger partial charge in [-0.25, -0.2) is 8.78 Å². The Hall–Kier alpha value is -1.78. The first-order chi connectivity index (χ1) is 10.2. The SMILES string of the molecule is CCN(Cc1ccccc1)C(CN)c1cccc(F)c1F. The van der Waals surface area contributed by atoms with Gasteiger partial charge < -0.3 is 5.73 Å². The van der Waals surface area contributed by atoms with Crippen molar-refractivity contribution in [2.24, 2.45) is 5.73 Å². The average molecular weight is 290 g/mol. The molecule has 4 heteroatoms. The van der Waals surface area contributed by atoms with Crippen LogP contribution in [0.5, 0.6) is 0 Å². The summed E-state index contributed by atoms with van der Waals surface area (Å²) < 4.78 is 27.5. The zero-order valence-electron chi connectivity index (χ0n) is 12.1. The Bertz CT molecular complexity index is 572. The van der Waals surface area contributed by atoms with Crippen molar-refractivity contribution in [3.8, 4) is 0 Å². The summed E-state index contributed by atoms with van der Waals surface area (Å²) in [4.78, 5) is 2.05. The molecule has 0 saturated carbocycles. The van der Waals surface area contributed by atoms with Crippen molar-refractivity contribution in [2.75, 3.05) is 13.1 Å². The lowest BCUT2D eigenvalue weighted by molar-refractivity contribution is 0.198. The van der Waals surface area contributed by atoms with Crippen LogP contribution in [-0.2, 0) is 6.54 Å². The van der Waals surface area contributed by atoms with Gasteiger partial charge in [0.2, 0.25) is 0 Å². The van der Waals surface area contributed by atoms with Crippen molar-refractivity contribution in [3.63, 3.8) is 0 Å². The molecule has 2 aromatic carbocycles. The second kappa shape index (κ2) is 7.29. The molecule has 2 aromatic rings. The number of hydrogen-bond acceptors (Lipinski definition) is 2. The smallest absolute Gasteiger partial charge is 0.163 e. The molecule has 0 spiro atoms. The van der Waals surface area contributed by atoms with Crippen LogP contribution in [-0.4, -0.2) is 18.0 Å². The average Bonchev–Trinajstić information content (AvgIpc) is 2.52. The molecule has 0 saturated heterocycles. The molecular weight excluding hydrogens is 270 g/mol. The number of hydrogen-bond donors (Lipinski definition) is 1. The van der Waals surface area contributed by atoms with E-state index in [1.165, 1.54) is 6.07 Å². The summed E-state index contributed by atoms with van der Waals surface area (Å²) in [6.45, 7) is 3.58. The highest BCUT2D eigenvalue weighted by Crippen LogP contribution is 2.25. The molecule has 112 valence electrons. The molecular formula is C17H20F2N2. The van der Waals surface area contributed by atoms with E-state index >= 15 is 0 Å². The highest BCUT2D eigenvalue weighted by Gasteiger charge is 2.22. The van der Waals surface area contributed by atoms with Gasteiger partial charge in [-0.1, -0.05) is 49.4 Å². The van der Waals surface area contributed by atoms with E-state index in [1.807, 2.05) is 42.2 Å². The van der Waals surface area contributed by atoms with Crippen LogP contribution in [0.3, 0.4) is 0 Å². The Labute approximate surface area is 124 Å². The summed E-state index contributed by atoms with van der Waals surface area (Å²) >= 11 is 0. The van der Waals surface area contributed by atoms with Crippen molar-refractivity contribution in [2.45, 2.75) is 19.5 Å². The lowest BCUT2D eigenvalue weighted by Crippen LogP contribution is -2.34. The quantitative estimate of drug-likeness (QED) is 0.882. The Morgan fingerprint density at radius 2 is 1.76 bits per heavy atom. The molecule has 0 amide bonds. The van der Waals surface area contributed by atoms with Crippen LogP contribution in [0.2, 0.25) is 0 Å². The maximum absolute atomic E-state index is 14.0. The lowest BCUT2D eigenvalue weighted by Gasteiger charge is -2.30. The molecule has 2 nitrogen and oxygen atoms in total. The van der Waals surface area contributed by atoms with Crippen molar-refractivity contribution < 1.29 is 8.78 Å². The summed E-state index contributed by atoms with van der Waals surface area (Å²) in [7, 11) is 0. The molecule has 0 aliphatic heterocycles. The fraction of sp³-hybridized carbons (Fsp3) is 0.294. The highest BCUT2D eigenvalue weighted by molar-refractivity contribution is 5.24.